The van der Waals surface area contributed by atoms with Crippen LogP contribution in [0.4, 0.5) is 0 Å². The van der Waals surface area contributed by atoms with E-state index in [0.29, 0.717) is 23.0 Å². The van der Waals surface area contributed by atoms with E-state index >= 15 is 0 Å². The maximum Gasteiger partial charge on any atom is 0.185 e. The number of benzene rings is 2. The van der Waals surface area contributed by atoms with Crippen molar-refractivity contribution in [1.82, 2.24) is 0 Å². The summed E-state index contributed by atoms with van der Waals surface area (Å²) in [5.41, 5.74) is 3.43. The number of ketones is 1. The second-order valence-corrected chi connectivity index (χ2v) is 7.27. The Balaban J connectivity index is 1.94. The lowest BCUT2D eigenvalue weighted by Crippen LogP contribution is -2.19. The molecule has 2 aromatic rings. The molecular formula is C25H28O5. The fourth-order valence-electron chi connectivity index (χ4n) is 3.66. The molecule has 1 saturated carbocycles. The van der Waals surface area contributed by atoms with Crippen molar-refractivity contribution in [2.45, 2.75) is 19.8 Å². The van der Waals surface area contributed by atoms with Crippen LogP contribution in [-0.2, 0) is 4.79 Å². The van der Waals surface area contributed by atoms with Crippen LogP contribution in [0.25, 0.3) is 12.2 Å². The van der Waals surface area contributed by atoms with Crippen molar-refractivity contribution in [2.75, 3.05) is 28.4 Å². The van der Waals surface area contributed by atoms with Gasteiger partial charge in [0.2, 0.25) is 0 Å². The minimum Gasteiger partial charge on any atom is -0.493 e. The Morgan fingerprint density at radius 1 is 0.767 bits per heavy atom. The molecule has 2 aromatic carbocycles. The number of Topliss-reactive ketones (excluding diaryl/α,β-unsaturated/α-hetero) is 1. The van der Waals surface area contributed by atoms with Gasteiger partial charge in [-0.2, -0.15) is 0 Å². The minimum absolute atomic E-state index is 0.0818. The Morgan fingerprint density at radius 2 is 1.27 bits per heavy atom. The van der Waals surface area contributed by atoms with Gasteiger partial charge in [-0.25, -0.2) is 0 Å². The van der Waals surface area contributed by atoms with E-state index in [2.05, 4.69) is 6.92 Å². The molecule has 0 amide bonds. The molecule has 1 atom stereocenters. The molecule has 5 nitrogen and oxygen atoms in total. The number of hydrogen-bond acceptors (Lipinski definition) is 5. The molecule has 0 heterocycles. The van der Waals surface area contributed by atoms with E-state index in [9.17, 15) is 4.79 Å². The van der Waals surface area contributed by atoms with E-state index in [1.807, 2.05) is 48.6 Å². The quantitative estimate of drug-likeness (QED) is 0.616. The Kier molecular flexibility index (Phi) is 6.83. The molecule has 0 saturated heterocycles. The first-order chi connectivity index (χ1) is 14.5. The highest BCUT2D eigenvalue weighted by atomic mass is 16.5. The zero-order chi connectivity index (χ0) is 21.7. The molecule has 0 bridgehead atoms. The van der Waals surface area contributed by atoms with Crippen molar-refractivity contribution in [3.05, 3.63) is 58.7 Å². The molecular weight excluding hydrogens is 380 g/mol. The third-order valence-electron chi connectivity index (χ3n) is 5.41. The molecule has 1 unspecified atom stereocenters. The third-order valence-corrected chi connectivity index (χ3v) is 5.41. The van der Waals surface area contributed by atoms with Gasteiger partial charge in [-0.1, -0.05) is 19.1 Å². The van der Waals surface area contributed by atoms with Crippen LogP contribution in [0.2, 0.25) is 0 Å². The molecule has 30 heavy (non-hydrogen) atoms. The first kappa shape index (κ1) is 21.5. The SMILES string of the molecule is COc1ccc(C=C2CCC(C)C(=Cc3ccc(OC)c(OC)c3)C2=O)cc1OC. The molecule has 1 fully saturated rings. The summed E-state index contributed by atoms with van der Waals surface area (Å²) in [6.45, 7) is 2.09. The molecule has 1 aliphatic carbocycles. The highest BCUT2D eigenvalue weighted by molar-refractivity contribution is 6.14. The van der Waals surface area contributed by atoms with Gasteiger partial charge in [-0.15, -0.1) is 0 Å². The Bertz CT molecular complexity index is 987. The first-order valence-electron chi connectivity index (χ1n) is 9.91. The molecule has 0 N–H and O–H groups in total. The van der Waals surface area contributed by atoms with Crippen LogP contribution in [0.3, 0.4) is 0 Å². The molecule has 0 aliphatic heterocycles. The molecule has 3 rings (SSSR count). The zero-order valence-corrected chi connectivity index (χ0v) is 18.2. The lowest BCUT2D eigenvalue weighted by Gasteiger charge is -2.23. The van der Waals surface area contributed by atoms with Crippen molar-refractivity contribution in [1.29, 1.82) is 0 Å². The van der Waals surface area contributed by atoms with Gasteiger partial charge in [-0.05, 0) is 66.3 Å². The summed E-state index contributed by atoms with van der Waals surface area (Å²) in [5.74, 6) is 2.88. The predicted octanol–water partition coefficient (Wildman–Crippen LogP) is 5.19. The molecule has 0 spiro atoms. The highest BCUT2D eigenvalue weighted by Crippen LogP contribution is 2.35. The summed E-state index contributed by atoms with van der Waals surface area (Å²) in [7, 11) is 6.42. The molecule has 1 aliphatic rings. The topological polar surface area (TPSA) is 54.0 Å². The number of carbonyl (C=O) groups is 1. The van der Waals surface area contributed by atoms with E-state index in [0.717, 1.165) is 35.1 Å². The van der Waals surface area contributed by atoms with Gasteiger partial charge >= 0.3 is 0 Å². The second-order valence-electron chi connectivity index (χ2n) is 7.27. The van der Waals surface area contributed by atoms with Gasteiger partial charge in [0.1, 0.15) is 0 Å². The summed E-state index contributed by atoms with van der Waals surface area (Å²) >= 11 is 0. The second kappa shape index (κ2) is 9.53. The third kappa shape index (κ3) is 4.51. The fourth-order valence-corrected chi connectivity index (χ4v) is 3.66. The van der Waals surface area contributed by atoms with Gasteiger partial charge in [0, 0.05) is 11.1 Å². The van der Waals surface area contributed by atoms with Crippen LogP contribution in [0.15, 0.2) is 47.5 Å². The fraction of sp³-hybridized carbons (Fsp3) is 0.320. The summed E-state index contributed by atoms with van der Waals surface area (Å²) in [6, 6.07) is 11.3. The summed E-state index contributed by atoms with van der Waals surface area (Å²) in [5, 5.41) is 0. The Hall–Kier alpha value is -3.21. The Labute approximate surface area is 177 Å². The maximum absolute atomic E-state index is 13.3. The van der Waals surface area contributed by atoms with E-state index in [1.54, 1.807) is 28.4 Å². The number of allylic oxidation sites excluding steroid dienone is 2. The number of rotatable bonds is 6. The average Bonchev–Trinajstić information content (AvgIpc) is 2.78. The van der Waals surface area contributed by atoms with Crippen LogP contribution >= 0.6 is 0 Å². The summed E-state index contributed by atoms with van der Waals surface area (Å²) in [6.07, 6.45) is 5.57. The van der Waals surface area contributed by atoms with Crippen molar-refractivity contribution in [3.8, 4) is 23.0 Å². The average molecular weight is 408 g/mol. The van der Waals surface area contributed by atoms with Gasteiger partial charge in [0.25, 0.3) is 0 Å². The normalized spacial score (nSPS) is 19.1. The van der Waals surface area contributed by atoms with Gasteiger partial charge in [0.15, 0.2) is 28.8 Å². The van der Waals surface area contributed by atoms with E-state index < -0.39 is 0 Å². The van der Waals surface area contributed by atoms with Gasteiger partial charge in [-0.3, -0.25) is 4.79 Å². The summed E-state index contributed by atoms with van der Waals surface area (Å²) in [4.78, 5) is 13.3. The Morgan fingerprint density at radius 3 is 1.77 bits per heavy atom. The van der Waals surface area contributed by atoms with Crippen molar-refractivity contribution >= 4 is 17.9 Å². The minimum atomic E-state index is 0.0818. The van der Waals surface area contributed by atoms with Gasteiger partial charge in [0.05, 0.1) is 28.4 Å². The zero-order valence-electron chi connectivity index (χ0n) is 18.2. The standard InChI is InChI=1S/C25H28O5/c1-16-6-9-19(12-17-7-10-21(27-2)23(14-17)29-4)25(26)20(16)13-18-8-11-22(28-3)24(15-18)30-5/h7-8,10-16H,6,9H2,1-5H3. The largest absolute Gasteiger partial charge is 0.493 e. The lowest BCUT2D eigenvalue weighted by molar-refractivity contribution is -0.113. The number of methoxy groups -OCH3 is 4. The van der Waals surface area contributed by atoms with Crippen molar-refractivity contribution in [2.24, 2.45) is 5.92 Å². The monoisotopic (exact) mass is 408 g/mol. The molecule has 158 valence electrons. The molecule has 0 aromatic heterocycles. The smallest absolute Gasteiger partial charge is 0.185 e. The van der Waals surface area contributed by atoms with Crippen molar-refractivity contribution < 1.29 is 23.7 Å². The first-order valence-corrected chi connectivity index (χ1v) is 9.91. The molecule has 5 heteroatoms. The van der Waals surface area contributed by atoms with E-state index in [-0.39, 0.29) is 11.7 Å². The van der Waals surface area contributed by atoms with Crippen LogP contribution in [0.1, 0.15) is 30.9 Å². The van der Waals surface area contributed by atoms with Crippen LogP contribution in [0, 0.1) is 5.92 Å². The van der Waals surface area contributed by atoms with Gasteiger partial charge < -0.3 is 18.9 Å². The maximum atomic E-state index is 13.3. The van der Waals surface area contributed by atoms with Crippen LogP contribution < -0.4 is 18.9 Å². The number of carbonyl (C=O) groups excluding carboxylic acids is 1. The predicted molar refractivity (Wildman–Crippen MR) is 118 cm³/mol. The highest BCUT2D eigenvalue weighted by Gasteiger charge is 2.26. The number of ether oxygens (including phenoxy) is 4. The van der Waals surface area contributed by atoms with Crippen LogP contribution in [-0.4, -0.2) is 34.2 Å². The number of hydrogen-bond donors (Lipinski definition) is 0. The van der Waals surface area contributed by atoms with Crippen molar-refractivity contribution in [3.63, 3.8) is 0 Å². The van der Waals surface area contributed by atoms with E-state index in [1.165, 1.54) is 0 Å². The molecule has 0 radical (unpaired) electrons. The summed E-state index contributed by atoms with van der Waals surface area (Å²) < 4.78 is 21.4. The van der Waals surface area contributed by atoms with Crippen LogP contribution in [0.5, 0.6) is 23.0 Å². The lowest BCUT2D eigenvalue weighted by atomic mass is 9.80. The van der Waals surface area contributed by atoms with E-state index in [4.69, 9.17) is 18.9 Å².